The van der Waals surface area contributed by atoms with Crippen LogP contribution >= 0.6 is 0 Å². The molecule has 0 spiro atoms. The molecule has 1 aromatic carbocycles. The standard InChI is InChI=1S/C24H30N4O/c1-23-13-27-15-24(2,22(23)29)16-28(14-23)21(27)18-12-17-8-4-5-9-19(17)25-20(18)26-10-6-3-7-11-26/h4-5,8-9,12,21H,3,6-7,10-11,13-16H2,1-2H3. The summed E-state index contributed by atoms with van der Waals surface area (Å²) in [6, 6.07) is 10.9. The number of piperidine rings is 3. The van der Waals surface area contributed by atoms with E-state index in [4.69, 9.17) is 4.98 Å². The summed E-state index contributed by atoms with van der Waals surface area (Å²) >= 11 is 0. The third kappa shape index (κ3) is 2.53. The molecule has 2 aromatic rings. The number of aromatic nitrogens is 1. The van der Waals surface area contributed by atoms with Gasteiger partial charge in [0.05, 0.1) is 22.5 Å². The van der Waals surface area contributed by atoms with Crippen LogP contribution < -0.4 is 4.90 Å². The first-order chi connectivity index (χ1) is 14.0. The van der Waals surface area contributed by atoms with Gasteiger partial charge in [0, 0.05) is 50.2 Å². The van der Waals surface area contributed by atoms with Crippen molar-refractivity contribution in [3.05, 3.63) is 35.9 Å². The van der Waals surface area contributed by atoms with E-state index in [1.165, 1.54) is 36.0 Å². The summed E-state index contributed by atoms with van der Waals surface area (Å²) in [7, 11) is 0. The highest BCUT2D eigenvalue weighted by Gasteiger charge is 2.62. The molecule has 6 heterocycles. The van der Waals surface area contributed by atoms with Crippen LogP contribution in [0.4, 0.5) is 5.82 Å². The second-order valence-corrected chi connectivity index (χ2v) is 10.3. The number of nitrogens with zero attached hydrogens (tertiary/aromatic N) is 4. The summed E-state index contributed by atoms with van der Waals surface area (Å²) in [5.41, 5.74) is 1.97. The van der Waals surface area contributed by atoms with Gasteiger partial charge in [0.1, 0.15) is 11.6 Å². The van der Waals surface area contributed by atoms with Gasteiger partial charge in [-0.25, -0.2) is 4.98 Å². The maximum absolute atomic E-state index is 13.1. The van der Waals surface area contributed by atoms with E-state index in [0.717, 1.165) is 44.8 Å². The summed E-state index contributed by atoms with van der Waals surface area (Å²) in [6.45, 7) is 10.0. The second-order valence-electron chi connectivity index (χ2n) is 10.3. The highest BCUT2D eigenvalue weighted by Crippen LogP contribution is 2.53. The van der Waals surface area contributed by atoms with Crippen molar-refractivity contribution in [2.24, 2.45) is 10.8 Å². The van der Waals surface area contributed by atoms with Crippen molar-refractivity contribution in [1.29, 1.82) is 0 Å². The van der Waals surface area contributed by atoms with Gasteiger partial charge in [0.15, 0.2) is 0 Å². The Kier molecular flexibility index (Phi) is 3.70. The largest absolute Gasteiger partial charge is 0.356 e. The molecule has 5 saturated heterocycles. The lowest BCUT2D eigenvalue weighted by molar-refractivity contribution is -0.196. The molecule has 0 aliphatic carbocycles. The molecular formula is C24H30N4O. The predicted octanol–water partition coefficient (Wildman–Crippen LogP) is 3.45. The number of pyridine rings is 1. The molecule has 5 nitrogen and oxygen atoms in total. The van der Waals surface area contributed by atoms with Crippen LogP contribution in [0.5, 0.6) is 0 Å². The first kappa shape index (κ1) is 17.8. The van der Waals surface area contributed by atoms with Crippen LogP contribution in [0.2, 0.25) is 0 Å². The molecule has 152 valence electrons. The number of anilines is 1. The Morgan fingerprint density at radius 2 is 1.55 bits per heavy atom. The zero-order valence-corrected chi connectivity index (χ0v) is 17.5. The van der Waals surface area contributed by atoms with Crippen molar-refractivity contribution in [2.45, 2.75) is 39.3 Å². The van der Waals surface area contributed by atoms with Gasteiger partial charge in [-0.3, -0.25) is 14.6 Å². The van der Waals surface area contributed by atoms with E-state index < -0.39 is 0 Å². The Labute approximate surface area is 172 Å². The van der Waals surface area contributed by atoms with Gasteiger partial charge in [0.2, 0.25) is 0 Å². The molecule has 5 heteroatoms. The predicted molar refractivity (Wildman–Crippen MR) is 115 cm³/mol. The van der Waals surface area contributed by atoms with Crippen LogP contribution in [-0.4, -0.2) is 59.8 Å². The number of rotatable bonds is 2. The number of carbonyl (C=O) groups is 1. The summed E-state index contributed by atoms with van der Waals surface area (Å²) in [4.78, 5) is 25.9. The molecule has 0 N–H and O–H groups in total. The van der Waals surface area contributed by atoms with Crippen molar-refractivity contribution in [1.82, 2.24) is 14.8 Å². The molecule has 5 aliphatic heterocycles. The molecule has 0 amide bonds. The van der Waals surface area contributed by atoms with Crippen LogP contribution in [0.3, 0.4) is 0 Å². The molecule has 0 saturated carbocycles. The monoisotopic (exact) mass is 390 g/mol. The summed E-state index contributed by atoms with van der Waals surface area (Å²) in [6.07, 6.45) is 4.05. The number of hydrogen-bond acceptors (Lipinski definition) is 5. The molecule has 7 rings (SSSR count). The Morgan fingerprint density at radius 3 is 2.21 bits per heavy atom. The average molecular weight is 391 g/mol. The smallest absolute Gasteiger partial charge is 0.149 e. The van der Waals surface area contributed by atoms with Gasteiger partial charge in [0.25, 0.3) is 0 Å². The topological polar surface area (TPSA) is 39.7 Å². The maximum atomic E-state index is 13.1. The first-order valence-corrected chi connectivity index (χ1v) is 11.1. The Hall–Kier alpha value is -1.98. The van der Waals surface area contributed by atoms with Gasteiger partial charge in [-0.05, 0) is 31.4 Å². The van der Waals surface area contributed by atoms with E-state index in [1.54, 1.807) is 0 Å². The van der Waals surface area contributed by atoms with Crippen LogP contribution in [0.25, 0.3) is 10.9 Å². The normalized spacial score (nSPS) is 38.8. The summed E-state index contributed by atoms with van der Waals surface area (Å²) in [5.74, 6) is 1.64. The molecule has 29 heavy (non-hydrogen) atoms. The fourth-order valence-electron chi connectivity index (χ4n) is 6.66. The van der Waals surface area contributed by atoms with Crippen molar-refractivity contribution in [2.75, 3.05) is 44.2 Å². The molecule has 5 fully saturated rings. The third-order valence-electron chi connectivity index (χ3n) is 7.66. The number of ketones is 1. The van der Waals surface area contributed by atoms with Crippen LogP contribution in [-0.2, 0) is 4.79 Å². The molecule has 0 atom stereocenters. The van der Waals surface area contributed by atoms with E-state index >= 15 is 0 Å². The van der Waals surface area contributed by atoms with Crippen LogP contribution in [0, 0.1) is 10.8 Å². The quantitative estimate of drug-likeness (QED) is 0.785. The minimum atomic E-state index is -0.225. The fourth-order valence-corrected chi connectivity index (χ4v) is 6.66. The number of para-hydroxylation sites is 1. The van der Waals surface area contributed by atoms with Gasteiger partial charge in [-0.2, -0.15) is 0 Å². The summed E-state index contributed by atoms with van der Waals surface area (Å²) in [5, 5.41) is 1.22. The van der Waals surface area contributed by atoms with Crippen molar-refractivity contribution in [3.8, 4) is 0 Å². The summed E-state index contributed by atoms with van der Waals surface area (Å²) < 4.78 is 0. The van der Waals surface area contributed by atoms with Crippen molar-refractivity contribution >= 4 is 22.5 Å². The Balaban J connectivity index is 1.48. The second kappa shape index (κ2) is 6.02. The fraction of sp³-hybridized carbons (Fsp3) is 0.583. The van der Waals surface area contributed by atoms with E-state index in [0.29, 0.717) is 5.78 Å². The third-order valence-corrected chi connectivity index (χ3v) is 7.66. The van der Waals surface area contributed by atoms with Gasteiger partial charge in [-0.1, -0.05) is 32.0 Å². The zero-order valence-electron chi connectivity index (χ0n) is 17.5. The molecule has 1 aromatic heterocycles. The average Bonchev–Trinajstić information content (AvgIpc) is 2.71. The lowest BCUT2D eigenvalue weighted by Gasteiger charge is -2.64. The molecular weight excluding hydrogens is 360 g/mol. The lowest BCUT2D eigenvalue weighted by atomic mass is 9.62. The van der Waals surface area contributed by atoms with E-state index in [9.17, 15) is 4.79 Å². The van der Waals surface area contributed by atoms with E-state index in [2.05, 4.69) is 58.9 Å². The minimum absolute atomic E-state index is 0.225. The van der Waals surface area contributed by atoms with E-state index in [1.807, 2.05) is 0 Å². The van der Waals surface area contributed by atoms with E-state index in [-0.39, 0.29) is 17.0 Å². The number of fused-ring (bicyclic) bond motifs is 1. The Bertz CT molecular complexity index is 956. The van der Waals surface area contributed by atoms with Gasteiger partial charge < -0.3 is 4.90 Å². The Morgan fingerprint density at radius 1 is 0.931 bits per heavy atom. The maximum Gasteiger partial charge on any atom is 0.149 e. The van der Waals surface area contributed by atoms with Crippen molar-refractivity contribution < 1.29 is 4.79 Å². The van der Waals surface area contributed by atoms with Crippen molar-refractivity contribution in [3.63, 3.8) is 0 Å². The number of carbonyl (C=O) groups excluding carboxylic acids is 1. The number of hydrogen-bond donors (Lipinski definition) is 0. The molecule has 4 bridgehead atoms. The molecule has 0 unspecified atom stereocenters. The molecule has 5 aliphatic rings. The lowest BCUT2D eigenvalue weighted by Crippen LogP contribution is -2.75. The number of benzene rings is 1. The first-order valence-electron chi connectivity index (χ1n) is 11.1. The van der Waals surface area contributed by atoms with Gasteiger partial charge >= 0.3 is 0 Å². The van der Waals surface area contributed by atoms with Gasteiger partial charge in [-0.15, -0.1) is 0 Å². The highest BCUT2D eigenvalue weighted by atomic mass is 16.1. The highest BCUT2D eigenvalue weighted by molar-refractivity contribution is 5.93. The van der Waals surface area contributed by atoms with Crippen LogP contribution in [0.15, 0.2) is 30.3 Å². The zero-order chi connectivity index (χ0) is 19.8. The molecule has 0 radical (unpaired) electrons. The minimum Gasteiger partial charge on any atom is -0.356 e. The SMILES string of the molecule is CC12CN3CC(C)(CN(C1)C3c1cc3ccccc3nc1N1CCCCC1)C2=O. The number of Topliss-reactive ketones (excluding diaryl/α,β-unsaturated/α-hetero) is 1. The van der Waals surface area contributed by atoms with Crippen LogP contribution in [0.1, 0.15) is 44.8 Å².